The van der Waals surface area contributed by atoms with E-state index in [9.17, 15) is 14.4 Å². The van der Waals surface area contributed by atoms with Gasteiger partial charge in [-0.2, -0.15) is 23.5 Å². The summed E-state index contributed by atoms with van der Waals surface area (Å²) in [6.45, 7) is 3.37. The van der Waals surface area contributed by atoms with E-state index in [1.807, 2.05) is 12.5 Å². The normalized spacial score (nSPS) is 13.1. The van der Waals surface area contributed by atoms with E-state index in [4.69, 9.17) is 4.74 Å². The summed E-state index contributed by atoms with van der Waals surface area (Å²) in [7, 11) is 0. The molecular weight excluding hydrogens is 324 g/mol. The zero-order chi connectivity index (χ0) is 17.0. The number of amides is 2. The maximum absolute atomic E-state index is 12.3. The Bertz CT molecular complexity index is 367. The van der Waals surface area contributed by atoms with E-state index in [0.717, 1.165) is 11.5 Å². The zero-order valence-electron chi connectivity index (χ0n) is 13.6. The first-order chi connectivity index (χ1) is 10.5. The second-order valence-electron chi connectivity index (χ2n) is 4.63. The van der Waals surface area contributed by atoms with Gasteiger partial charge in [-0.25, -0.2) is 4.79 Å². The fourth-order valence-electron chi connectivity index (χ4n) is 1.75. The van der Waals surface area contributed by atoms with Crippen LogP contribution in [-0.2, 0) is 19.1 Å². The Labute approximate surface area is 140 Å². The standard InChI is InChI=1S/C14H26N2O4S2/c1-5-20-14(19)12(7-9-22-4)16-13(18)11(6-8-21-3)15-10(2)17/h11-12H,5-9H2,1-4H3,(H,15,17)(H,16,18)/t11-,12-/m0/s1. The van der Waals surface area contributed by atoms with Crippen LogP contribution in [0.3, 0.4) is 0 Å². The molecule has 0 aromatic rings. The molecule has 6 nitrogen and oxygen atoms in total. The number of ether oxygens (including phenoxy) is 1. The van der Waals surface area contributed by atoms with Gasteiger partial charge in [0.05, 0.1) is 6.61 Å². The van der Waals surface area contributed by atoms with E-state index in [-0.39, 0.29) is 18.4 Å². The summed E-state index contributed by atoms with van der Waals surface area (Å²) in [5.74, 6) is 0.435. The Morgan fingerprint density at radius 3 is 2.00 bits per heavy atom. The summed E-state index contributed by atoms with van der Waals surface area (Å²) in [5.41, 5.74) is 0. The van der Waals surface area contributed by atoms with Crippen LogP contribution < -0.4 is 10.6 Å². The lowest BCUT2D eigenvalue weighted by molar-refractivity contribution is -0.147. The van der Waals surface area contributed by atoms with Crippen LogP contribution in [0.5, 0.6) is 0 Å². The molecule has 0 aromatic carbocycles. The van der Waals surface area contributed by atoms with Crippen molar-refractivity contribution in [2.75, 3.05) is 30.6 Å². The summed E-state index contributed by atoms with van der Waals surface area (Å²) < 4.78 is 4.99. The van der Waals surface area contributed by atoms with Crippen LogP contribution in [0.15, 0.2) is 0 Å². The third kappa shape index (κ3) is 9.19. The van der Waals surface area contributed by atoms with Crippen molar-refractivity contribution in [3.63, 3.8) is 0 Å². The maximum atomic E-state index is 12.3. The summed E-state index contributed by atoms with van der Waals surface area (Å²) in [6, 6.07) is -1.30. The lowest BCUT2D eigenvalue weighted by Crippen LogP contribution is -2.52. The summed E-state index contributed by atoms with van der Waals surface area (Å²) in [4.78, 5) is 35.4. The van der Waals surface area contributed by atoms with Crippen molar-refractivity contribution in [3.8, 4) is 0 Å². The fraction of sp³-hybridized carbons (Fsp3) is 0.786. The van der Waals surface area contributed by atoms with E-state index >= 15 is 0 Å². The van der Waals surface area contributed by atoms with Gasteiger partial charge in [-0.15, -0.1) is 0 Å². The predicted molar refractivity (Wildman–Crippen MR) is 92.2 cm³/mol. The molecule has 0 radical (unpaired) electrons. The maximum Gasteiger partial charge on any atom is 0.328 e. The van der Waals surface area contributed by atoms with Gasteiger partial charge < -0.3 is 15.4 Å². The van der Waals surface area contributed by atoms with Crippen LogP contribution in [0.2, 0.25) is 0 Å². The number of hydrogen-bond donors (Lipinski definition) is 2. The highest BCUT2D eigenvalue weighted by atomic mass is 32.2. The van der Waals surface area contributed by atoms with Crippen LogP contribution in [0, 0.1) is 0 Å². The molecule has 0 aromatic heterocycles. The highest BCUT2D eigenvalue weighted by Gasteiger charge is 2.26. The Morgan fingerprint density at radius 1 is 1.00 bits per heavy atom. The average molecular weight is 351 g/mol. The minimum absolute atomic E-state index is 0.266. The second-order valence-corrected chi connectivity index (χ2v) is 6.60. The number of thioether (sulfide) groups is 2. The second kappa shape index (κ2) is 12.6. The molecule has 0 rings (SSSR count). The van der Waals surface area contributed by atoms with E-state index < -0.39 is 18.1 Å². The van der Waals surface area contributed by atoms with Crippen molar-refractivity contribution >= 4 is 41.3 Å². The van der Waals surface area contributed by atoms with Gasteiger partial charge in [0.15, 0.2) is 0 Å². The van der Waals surface area contributed by atoms with Crippen molar-refractivity contribution in [2.45, 2.75) is 38.8 Å². The molecule has 0 heterocycles. The number of hydrogen-bond acceptors (Lipinski definition) is 6. The first kappa shape index (κ1) is 21.1. The van der Waals surface area contributed by atoms with Gasteiger partial charge in [0, 0.05) is 6.92 Å². The Hall–Kier alpha value is -0.890. The largest absolute Gasteiger partial charge is 0.464 e. The number of esters is 1. The minimum atomic E-state index is -0.676. The number of rotatable bonds is 11. The SMILES string of the molecule is CCOC(=O)[C@H](CCSC)NC(=O)[C@H](CCSC)NC(C)=O. The van der Waals surface area contributed by atoms with Crippen LogP contribution in [0.1, 0.15) is 26.7 Å². The van der Waals surface area contributed by atoms with E-state index in [1.54, 1.807) is 30.4 Å². The van der Waals surface area contributed by atoms with Gasteiger partial charge in [-0.05, 0) is 43.8 Å². The number of carbonyl (C=O) groups is 3. The quantitative estimate of drug-likeness (QED) is 0.542. The molecule has 0 aliphatic rings. The first-order valence-corrected chi connectivity index (χ1v) is 9.97. The monoisotopic (exact) mass is 350 g/mol. The fourth-order valence-corrected chi connectivity index (χ4v) is 2.69. The molecule has 0 saturated carbocycles. The average Bonchev–Trinajstić information content (AvgIpc) is 2.47. The third-order valence-corrected chi connectivity index (χ3v) is 4.09. The molecule has 128 valence electrons. The molecule has 22 heavy (non-hydrogen) atoms. The Kier molecular flexibility index (Phi) is 12.1. The van der Waals surface area contributed by atoms with Crippen molar-refractivity contribution in [2.24, 2.45) is 0 Å². The van der Waals surface area contributed by atoms with Crippen LogP contribution in [-0.4, -0.2) is 60.5 Å². The molecule has 0 saturated heterocycles. The molecule has 0 aliphatic carbocycles. The number of carbonyl (C=O) groups excluding carboxylic acids is 3. The van der Waals surface area contributed by atoms with Gasteiger partial charge >= 0.3 is 5.97 Å². The number of nitrogens with one attached hydrogen (secondary N) is 2. The van der Waals surface area contributed by atoms with Crippen molar-refractivity contribution in [1.82, 2.24) is 10.6 Å². The molecule has 0 unspecified atom stereocenters. The molecule has 8 heteroatoms. The summed E-state index contributed by atoms with van der Waals surface area (Å²) in [6.07, 6.45) is 4.89. The topological polar surface area (TPSA) is 84.5 Å². The van der Waals surface area contributed by atoms with Crippen LogP contribution >= 0.6 is 23.5 Å². The highest BCUT2D eigenvalue weighted by Crippen LogP contribution is 2.06. The van der Waals surface area contributed by atoms with Crippen molar-refractivity contribution in [1.29, 1.82) is 0 Å². The molecule has 2 N–H and O–H groups in total. The lowest BCUT2D eigenvalue weighted by Gasteiger charge is -2.22. The van der Waals surface area contributed by atoms with E-state index in [0.29, 0.717) is 12.8 Å². The Morgan fingerprint density at radius 2 is 1.55 bits per heavy atom. The Balaban J connectivity index is 4.76. The molecule has 2 atom stereocenters. The van der Waals surface area contributed by atoms with Crippen molar-refractivity contribution < 1.29 is 19.1 Å². The van der Waals surface area contributed by atoms with Gasteiger partial charge in [0.25, 0.3) is 0 Å². The summed E-state index contributed by atoms with van der Waals surface area (Å²) >= 11 is 3.19. The van der Waals surface area contributed by atoms with Gasteiger partial charge in [-0.3, -0.25) is 9.59 Å². The van der Waals surface area contributed by atoms with Crippen LogP contribution in [0.25, 0.3) is 0 Å². The smallest absolute Gasteiger partial charge is 0.328 e. The molecule has 0 bridgehead atoms. The van der Waals surface area contributed by atoms with Crippen LogP contribution in [0.4, 0.5) is 0 Å². The zero-order valence-corrected chi connectivity index (χ0v) is 15.3. The first-order valence-electron chi connectivity index (χ1n) is 7.18. The molecule has 2 amide bonds. The van der Waals surface area contributed by atoms with E-state index in [2.05, 4.69) is 10.6 Å². The predicted octanol–water partition coefficient (Wildman–Crippen LogP) is 1.05. The van der Waals surface area contributed by atoms with E-state index in [1.165, 1.54) is 6.92 Å². The summed E-state index contributed by atoms with van der Waals surface area (Å²) in [5, 5.41) is 5.33. The highest BCUT2D eigenvalue weighted by molar-refractivity contribution is 7.98. The van der Waals surface area contributed by atoms with Gasteiger partial charge in [0.2, 0.25) is 11.8 Å². The van der Waals surface area contributed by atoms with Gasteiger partial charge in [-0.1, -0.05) is 0 Å². The van der Waals surface area contributed by atoms with Crippen molar-refractivity contribution in [3.05, 3.63) is 0 Å². The molecule has 0 spiro atoms. The molecule has 0 fully saturated rings. The third-order valence-electron chi connectivity index (χ3n) is 2.80. The lowest BCUT2D eigenvalue weighted by atomic mass is 10.1. The molecular formula is C14H26N2O4S2. The minimum Gasteiger partial charge on any atom is -0.464 e. The molecule has 0 aliphatic heterocycles. The van der Waals surface area contributed by atoms with Gasteiger partial charge in [0.1, 0.15) is 12.1 Å².